The molecule has 2 rings (SSSR count). The first-order chi connectivity index (χ1) is 7.58. The van der Waals surface area contributed by atoms with Crippen molar-refractivity contribution in [1.29, 1.82) is 0 Å². The number of carbonyl (C=O) groups excluding carboxylic acids is 1. The van der Waals surface area contributed by atoms with Crippen molar-refractivity contribution in [2.24, 2.45) is 0 Å². The van der Waals surface area contributed by atoms with Crippen molar-refractivity contribution < 1.29 is 4.79 Å². The first-order valence-electron chi connectivity index (χ1n) is 5.04. The lowest BCUT2D eigenvalue weighted by atomic mass is 10.0. The molecule has 0 bridgehead atoms. The maximum Gasteiger partial charge on any atom is 0.194 e. The van der Waals surface area contributed by atoms with Gasteiger partial charge >= 0.3 is 0 Å². The van der Waals surface area contributed by atoms with E-state index in [0.29, 0.717) is 16.1 Å². The molecule has 0 amide bonds. The zero-order valence-corrected chi connectivity index (χ0v) is 9.93. The number of carbonyl (C=O) groups is 1. The van der Waals surface area contributed by atoms with E-state index in [1.165, 1.54) is 0 Å². The molecule has 0 aliphatic rings. The molecule has 2 aromatic rings. The summed E-state index contributed by atoms with van der Waals surface area (Å²) in [4.78, 5) is 15.3. The number of hydrogen-bond acceptors (Lipinski definition) is 1. The van der Waals surface area contributed by atoms with E-state index in [4.69, 9.17) is 11.6 Å². The van der Waals surface area contributed by atoms with Crippen LogP contribution in [0.25, 0.3) is 0 Å². The highest BCUT2D eigenvalue weighted by Gasteiger charge is 2.13. The normalized spacial score (nSPS) is 10.4. The molecule has 16 heavy (non-hydrogen) atoms. The molecule has 1 N–H and O–H groups in total. The van der Waals surface area contributed by atoms with Crippen molar-refractivity contribution in [3.8, 4) is 0 Å². The zero-order valence-electron chi connectivity index (χ0n) is 9.17. The van der Waals surface area contributed by atoms with Gasteiger partial charge in [-0.1, -0.05) is 23.7 Å². The van der Waals surface area contributed by atoms with Crippen LogP contribution < -0.4 is 0 Å². The van der Waals surface area contributed by atoms with Crippen molar-refractivity contribution in [2.75, 3.05) is 0 Å². The molecular weight excluding hydrogens is 222 g/mol. The number of aromatic nitrogens is 1. The molecule has 0 aliphatic heterocycles. The number of aromatic amines is 1. The van der Waals surface area contributed by atoms with E-state index in [0.717, 1.165) is 11.4 Å². The van der Waals surface area contributed by atoms with E-state index in [1.54, 1.807) is 24.3 Å². The second kappa shape index (κ2) is 4.14. The highest BCUT2D eigenvalue weighted by atomic mass is 35.5. The number of hydrogen-bond donors (Lipinski definition) is 1. The summed E-state index contributed by atoms with van der Waals surface area (Å²) in [6.45, 7) is 3.83. The number of rotatable bonds is 2. The fourth-order valence-corrected chi connectivity index (χ4v) is 1.94. The molecule has 2 nitrogen and oxygen atoms in total. The van der Waals surface area contributed by atoms with Crippen LogP contribution in [0.3, 0.4) is 0 Å². The Kier molecular flexibility index (Phi) is 2.84. The average molecular weight is 234 g/mol. The summed E-state index contributed by atoms with van der Waals surface area (Å²) in [5, 5.41) is 0.579. The number of ketones is 1. The number of H-pyrrole nitrogens is 1. The van der Waals surface area contributed by atoms with Crippen molar-refractivity contribution in [3.05, 3.63) is 57.9 Å². The maximum atomic E-state index is 12.2. The lowest BCUT2D eigenvalue weighted by Gasteiger charge is -2.00. The standard InChI is InChI=1S/C13H12ClNO/c1-8-6-12(9(2)15-8)13(16)10-4-3-5-11(14)7-10/h3-7,15H,1-2H3. The van der Waals surface area contributed by atoms with Gasteiger partial charge in [0.05, 0.1) is 0 Å². The van der Waals surface area contributed by atoms with Gasteiger partial charge < -0.3 is 4.98 Å². The van der Waals surface area contributed by atoms with Gasteiger partial charge in [-0.2, -0.15) is 0 Å². The summed E-state index contributed by atoms with van der Waals surface area (Å²) in [6, 6.07) is 8.86. The quantitative estimate of drug-likeness (QED) is 0.791. The van der Waals surface area contributed by atoms with Gasteiger partial charge in [0.2, 0.25) is 0 Å². The molecule has 82 valence electrons. The number of halogens is 1. The van der Waals surface area contributed by atoms with E-state index in [1.807, 2.05) is 19.9 Å². The van der Waals surface area contributed by atoms with Gasteiger partial charge in [0.1, 0.15) is 0 Å². The average Bonchev–Trinajstić information content (AvgIpc) is 2.57. The summed E-state index contributed by atoms with van der Waals surface area (Å²) in [7, 11) is 0. The van der Waals surface area contributed by atoms with E-state index >= 15 is 0 Å². The fourth-order valence-electron chi connectivity index (χ4n) is 1.74. The van der Waals surface area contributed by atoms with Crippen molar-refractivity contribution in [1.82, 2.24) is 4.98 Å². The molecule has 1 heterocycles. The predicted molar refractivity (Wildman–Crippen MR) is 65.2 cm³/mol. The molecule has 3 heteroatoms. The van der Waals surface area contributed by atoms with Gasteiger partial charge in [-0.3, -0.25) is 4.79 Å². The third-order valence-electron chi connectivity index (χ3n) is 2.48. The molecular formula is C13H12ClNO. The second-order valence-corrected chi connectivity index (χ2v) is 4.27. The van der Waals surface area contributed by atoms with Crippen LogP contribution in [0.15, 0.2) is 30.3 Å². The Balaban J connectivity index is 2.43. The molecule has 0 spiro atoms. The summed E-state index contributed by atoms with van der Waals surface area (Å²) >= 11 is 5.86. The lowest BCUT2D eigenvalue weighted by Crippen LogP contribution is -2.01. The van der Waals surface area contributed by atoms with Gasteiger partial charge in [-0.05, 0) is 32.0 Å². The first kappa shape index (κ1) is 11.0. The molecule has 0 atom stereocenters. The number of benzene rings is 1. The molecule has 0 unspecified atom stereocenters. The number of aryl methyl sites for hydroxylation is 2. The summed E-state index contributed by atoms with van der Waals surface area (Å²) in [5.74, 6) is 0.00403. The second-order valence-electron chi connectivity index (χ2n) is 3.83. The van der Waals surface area contributed by atoms with Gasteiger partial charge in [-0.25, -0.2) is 0 Å². The molecule has 0 saturated carbocycles. The Bertz CT molecular complexity index is 543. The Labute approximate surface area is 99.3 Å². The Morgan fingerprint density at radius 3 is 2.56 bits per heavy atom. The van der Waals surface area contributed by atoms with E-state index in [2.05, 4.69) is 4.98 Å². The van der Waals surface area contributed by atoms with Gasteiger partial charge in [-0.15, -0.1) is 0 Å². The predicted octanol–water partition coefficient (Wildman–Crippen LogP) is 3.52. The van der Waals surface area contributed by atoms with Crippen LogP contribution >= 0.6 is 11.6 Å². The van der Waals surface area contributed by atoms with Crippen LogP contribution in [0.5, 0.6) is 0 Å². The maximum absolute atomic E-state index is 12.2. The largest absolute Gasteiger partial charge is 0.362 e. The summed E-state index contributed by atoms with van der Waals surface area (Å²) in [6.07, 6.45) is 0. The fraction of sp³-hybridized carbons (Fsp3) is 0.154. The summed E-state index contributed by atoms with van der Waals surface area (Å²) in [5.41, 5.74) is 3.21. The third kappa shape index (κ3) is 2.02. The van der Waals surface area contributed by atoms with E-state index in [-0.39, 0.29) is 5.78 Å². The number of nitrogens with one attached hydrogen (secondary N) is 1. The SMILES string of the molecule is Cc1cc(C(=O)c2cccc(Cl)c2)c(C)[nH]1. The van der Waals surface area contributed by atoms with Gasteiger partial charge in [0.25, 0.3) is 0 Å². The molecule has 1 aromatic carbocycles. The molecule has 0 fully saturated rings. The van der Waals surface area contributed by atoms with Gasteiger partial charge in [0, 0.05) is 27.5 Å². The van der Waals surface area contributed by atoms with Crippen molar-refractivity contribution >= 4 is 17.4 Å². The topological polar surface area (TPSA) is 32.9 Å². The lowest BCUT2D eigenvalue weighted by molar-refractivity contribution is 0.103. The minimum Gasteiger partial charge on any atom is -0.362 e. The van der Waals surface area contributed by atoms with E-state index in [9.17, 15) is 4.79 Å². The van der Waals surface area contributed by atoms with E-state index < -0.39 is 0 Å². The van der Waals surface area contributed by atoms with Crippen LogP contribution in [0, 0.1) is 13.8 Å². The third-order valence-corrected chi connectivity index (χ3v) is 2.72. The Morgan fingerprint density at radius 1 is 1.25 bits per heavy atom. The van der Waals surface area contributed by atoms with Crippen molar-refractivity contribution in [2.45, 2.75) is 13.8 Å². The highest BCUT2D eigenvalue weighted by Crippen LogP contribution is 2.17. The van der Waals surface area contributed by atoms with Crippen molar-refractivity contribution in [3.63, 3.8) is 0 Å². The molecule has 0 saturated heterocycles. The smallest absolute Gasteiger partial charge is 0.194 e. The Hall–Kier alpha value is -1.54. The highest BCUT2D eigenvalue weighted by molar-refractivity contribution is 6.31. The summed E-state index contributed by atoms with van der Waals surface area (Å²) < 4.78 is 0. The van der Waals surface area contributed by atoms with Crippen LogP contribution in [-0.2, 0) is 0 Å². The zero-order chi connectivity index (χ0) is 11.7. The van der Waals surface area contributed by atoms with Crippen LogP contribution in [0.2, 0.25) is 5.02 Å². The van der Waals surface area contributed by atoms with Crippen LogP contribution in [-0.4, -0.2) is 10.8 Å². The monoisotopic (exact) mass is 233 g/mol. The molecule has 1 aromatic heterocycles. The Morgan fingerprint density at radius 2 is 2.00 bits per heavy atom. The first-order valence-corrected chi connectivity index (χ1v) is 5.42. The van der Waals surface area contributed by atoms with Crippen LogP contribution in [0.1, 0.15) is 27.3 Å². The van der Waals surface area contributed by atoms with Crippen LogP contribution in [0.4, 0.5) is 0 Å². The minimum absolute atomic E-state index is 0.00403. The molecule has 0 aliphatic carbocycles. The molecule has 0 radical (unpaired) electrons. The van der Waals surface area contributed by atoms with Gasteiger partial charge in [0.15, 0.2) is 5.78 Å². The minimum atomic E-state index is 0.00403.